The van der Waals surface area contributed by atoms with Crippen LogP contribution >= 0.6 is 0 Å². The first-order valence-corrected chi connectivity index (χ1v) is 10.9. The van der Waals surface area contributed by atoms with Crippen molar-refractivity contribution in [3.8, 4) is 0 Å². The van der Waals surface area contributed by atoms with Crippen LogP contribution in [-0.2, 0) is 16.4 Å². The number of imidazole rings is 1. The molecule has 0 saturated carbocycles. The predicted molar refractivity (Wildman–Crippen MR) is 111 cm³/mol. The molecule has 7 nitrogen and oxygen atoms in total. The molecule has 28 heavy (non-hydrogen) atoms. The van der Waals surface area contributed by atoms with Gasteiger partial charge in [0.15, 0.2) is 0 Å². The Morgan fingerprint density at radius 1 is 1.11 bits per heavy atom. The fourth-order valence-corrected chi connectivity index (χ4v) is 3.46. The van der Waals surface area contributed by atoms with Crippen molar-refractivity contribution in [2.75, 3.05) is 30.7 Å². The molecule has 0 aliphatic rings. The SMILES string of the molecule is CCN(CCc1nc2ccccc2[nH]1)C(=O)c1ccc(N(C)S(C)(=O)=O)cc1. The first-order chi connectivity index (χ1) is 13.3. The Balaban J connectivity index is 1.69. The third kappa shape index (κ3) is 4.33. The van der Waals surface area contributed by atoms with Crippen LogP contribution in [0, 0.1) is 0 Å². The van der Waals surface area contributed by atoms with Crippen LogP contribution in [0.3, 0.4) is 0 Å². The molecule has 1 aromatic heterocycles. The Bertz CT molecular complexity index is 1040. The Labute approximate surface area is 165 Å². The highest BCUT2D eigenvalue weighted by atomic mass is 32.2. The number of nitrogens with one attached hydrogen (secondary N) is 1. The average molecular weight is 401 g/mol. The Morgan fingerprint density at radius 3 is 2.39 bits per heavy atom. The van der Waals surface area contributed by atoms with Gasteiger partial charge in [-0.2, -0.15) is 0 Å². The molecule has 0 aliphatic carbocycles. The lowest BCUT2D eigenvalue weighted by Crippen LogP contribution is -2.33. The molecule has 0 spiro atoms. The highest BCUT2D eigenvalue weighted by molar-refractivity contribution is 7.92. The highest BCUT2D eigenvalue weighted by Gasteiger charge is 2.17. The van der Waals surface area contributed by atoms with E-state index in [2.05, 4.69) is 9.97 Å². The number of para-hydroxylation sites is 2. The molecule has 0 bridgehead atoms. The standard InChI is InChI=1S/C20H24N4O3S/c1-4-24(14-13-19-21-17-7-5-6-8-18(17)22-19)20(25)15-9-11-16(12-10-15)23(2)28(3,26)27/h5-12H,4,13-14H2,1-3H3,(H,21,22). The summed E-state index contributed by atoms with van der Waals surface area (Å²) in [6, 6.07) is 14.4. The van der Waals surface area contributed by atoms with E-state index in [1.54, 1.807) is 29.2 Å². The molecular weight excluding hydrogens is 376 g/mol. The predicted octanol–water partition coefficient (Wildman–Crippen LogP) is 2.66. The van der Waals surface area contributed by atoms with Gasteiger partial charge in [0.05, 0.1) is 23.0 Å². The minimum atomic E-state index is -3.33. The summed E-state index contributed by atoms with van der Waals surface area (Å²) in [4.78, 5) is 22.4. The second-order valence-electron chi connectivity index (χ2n) is 6.61. The third-order valence-corrected chi connectivity index (χ3v) is 5.91. The Kier molecular flexibility index (Phi) is 5.69. The number of sulfonamides is 1. The highest BCUT2D eigenvalue weighted by Crippen LogP contribution is 2.18. The van der Waals surface area contributed by atoms with Crippen LogP contribution in [-0.4, -0.2) is 55.6 Å². The van der Waals surface area contributed by atoms with Gasteiger partial charge >= 0.3 is 0 Å². The second-order valence-corrected chi connectivity index (χ2v) is 8.63. The number of carbonyl (C=O) groups excluding carboxylic acids is 1. The van der Waals surface area contributed by atoms with Crippen LogP contribution in [0.5, 0.6) is 0 Å². The molecule has 3 aromatic rings. The molecule has 0 aliphatic heterocycles. The van der Waals surface area contributed by atoms with Crippen molar-refractivity contribution in [2.24, 2.45) is 0 Å². The maximum Gasteiger partial charge on any atom is 0.253 e. The van der Waals surface area contributed by atoms with E-state index < -0.39 is 10.0 Å². The maximum absolute atomic E-state index is 12.8. The van der Waals surface area contributed by atoms with Gasteiger partial charge in [-0.3, -0.25) is 9.10 Å². The molecule has 0 atom stereocenters. The van der Waals surface area contributed by atoms with Crippen molar-refractivity contribution in [3.63, 3.8) is 0 Å². The first-order valence-electron chi connectivity index (χ1n) is 9.06. The van der Waals surface area contributed by atoms with E-state index in [1.165, 1.54) is 11.4 Å². The van der Waals surface area contributed by atoms with Gasteiger partial charge in [-0.05, 0) is 43.3 Å². The fraction of sp³-hybridized carbons (Fsp3) is 0.300. The van der Waals surface area contributed by atoms with Crippen molar-refractivity contribution in [3.05, 3.63) is 59.9 Å². The monoisotopic (exact) mass is 400 g/mol. The number of aromatic nitrogens is 2. The summed E-state index contributed by atoms with van der Waals surface area (Å²) in [5.74, 6) is 0.754. The molecule has 2 aromatic carbocycles. The molecule has 0 fully saturated rings. The molecule has 148 valence electrons. The van der Waals surface area contributed by atoms with Crippen LogP contribution in [0.4, 0.5) is 5.69 Å². The molecule has 1 heterocycles. The van der Waals surface area contributed by atoms with E-state index in [9.17, 15) is 13.2 Å². The van der Waals surface area contributed by atoms with E-state index in [-0.39, 0.29) is 5.91 Å². The lowest BCUT2D eigenvalue weighted by Gasteiger charge is -2.21. The summed E-state index contributed by atoms with van der Waals surface area (Å²) < 4.78 is 24.4. The molecule has 0 saturated heterocycles. The van der Waals surface area contributed by atoms with Crippen molar-refractivity contribution in [2.45, 2.75) is 13.3 Å². The van der Waals surface area contributed by atoms with Crippen molar-refractivity contribution in [1.82, 2.24) is 14.9 Å². The smallest absolute Gasteiger partial charge is 0.253 e. The van der Waals surface area contributed by atoms with Gasteiger partial charge in [0, 0.05) is 32.1 Å². The van der Waals surface area contributed by atoms with Gasteiger partial charge in [-0.15, -0.1) is 0 Å². The van der Waals surface area contributed by atoms with Gasteiger partial charge in [0.2, 0.25) is 10.0 Å². The Morgan fingerprint density at radius 2 is 1.79 bits per heavy atom. The second kappa shape index (κ2) is 8.02. The van der Waals surface area contributed by atoms with Crippen LogP contribution in [0.1, 0.15) is 23.1 Å². The van der Waals surface area contributed by atoms with Crippen LogP contribution in [0.25, 0.3) is 11.0 Å². The lowest BCUT2D eigenvalue weighted by molar-refractivity contribution is 0.0765. The van der Waals surface area contributed by atoms with E-state index in [0.29, 0.717) is 30.8 Å². The quantitative estimate of drug-likeness (QED) is 0.661. The lowest BCUT2D eigenvalue weighted by atomic mass is 10.1. The van der Waals surface area contributed by atoms with E-state index in [1.807, 2.05) is 31.2 Å². The topological polar surface area (TPSA) is 86.4 Å². The van der Waals surface area contributed by atoms with Crippen molar-refractivity contribution in [1.29, 1.82) is 0 Å². The molecule has 3 rings (SSSR count). The normalized spacial score (nSPS) is 11.5. The zero-order valence-electron chi connectivity index (χ0n) is 16.2. The Hall–Kier alpha value is -2.87. The molecule has 8 heteroatoms. The number of hydrogen-bond donors (Lipinski definition) is 1. The first kappa shape index (κ1) is 19.9. The zero-order valence-corrected chi connectivity index (χ0v) is 17.0. The van der Waals surface area contributed by atoms with Crippen molar-refractivity contribution >= 4 is 32.7 Å². The van der Waals surface area contributed by atoms with Crippen LogP contribution in [0.2, 0.25) is 0 Å². The molecule has 0 radical (unpaired) electrons. The molecule has 1 amide bonds. The van der Waals surface area contributed by atoms with Gasteiger partial charge in [0.25, 0.3) is 5.91 Å². The number of benzene rings is 2. The van der Waals surface area contributed by atoms with Crippen LogP contribution < -0.4 is 4.31 Å². The minimum absolute atomic E-state index is 0.0906. The number of hydrogen-bond acceptors (Lipinski definition) is 4. The zero-order chi connectivity index (χ0) is 20.3. The molecule has 1 N–H and O–H groups in total. The number of nitrogens with zero attached hydrogens (tertiary/aromatic N) is 3. The van der Waals surface area contributed by atoms with Gasteiger partial charge in [-0.25, -0.2) is 13.4 Å². The number of H-pyrrole nitrogens is 1. The summed E-state index contributed by atoms with van der Waals surface area (Å²) in [6.07, 6.45) is 1.77. The summed E-state index contributed by atoms with van der Waals surface area (Å²) in [5.41, 5.74) is 2.94. The van der Waals surface area contributed by atoms with E-state index >= 15 is 0 Å². The average Bonchev–Trinajstić information content (AvgIpc) is 3.10. The number of anilines is 1. The maximum atomic E-state index is 12.8. The number of rotatable bonds is 7. The fourth-order valence-electron chi connectivity index (χ4n) is 2.96. The van der Waals surface area contributed by atoms with Gasteiger partial charge in [-0.1, -0.05) is 12.1 Å². The number of likely N-dealkylation sites (N-methyl/N-ethyl adjacent to an activating group) is 1. The summed E-state index contributed by atoms with van der Waals surface area (Å²) >= 11 is 0. The number of amides is 1. The third-order valence-electron chi connectivity index (χ3n) is 4.70. The van der Waals surface area contributed by atoms with Crippen LogP contribution in [0.15, 0.2) is 48.5 Å². The van der Waals surface area contributed by atoms with Gasteiger partial charge in [0.1, 0.15) is 5.82 Å². The largest absolute Gasteiger partial charge is 0.342 e. The minimum Gasteiger partial charge on any atom is -0.342 e. The number of aromatic amines is 1. The molecule has 0 unspecified atom stereocenters. The summed E-state index contributed by atoms with van der Waals surface area (Å²) in [5, 5.41) is 0. The van der Waals surface area contributed by atoms with E-state index in [4.69, 9.17) is 0 Å². The van der Waals surface area contributed by atoms with E-state index in [0.717, 1.165) is 23.1 Å². The number of carbonyl (C=O) groups is 1. The number of fused-ring (bicyclic) bond motifs is 1. The van der Waals surface area contributed by atoms with Gasteiger partial charge < -0.3 is 9.88 Å². The summed E-state index contributed by atoms with van der Waals surface area (Å²) in [7, 11) is -1.85. The summed E-state index contributed by atoms with van der Waals surface area (Å²) in [6.45, 7) is 3.05. The molecular formula is C20H24N4O3S. The van der Waals surface area contributed by atoms with Crippen molar-refractivity contribution < 1.29 is 13.2 Å².